The van der Waals surface area contributed by atoms with Gasteiger partial charge in [0, 0.05) is 10.7 Å². The summed E-state index contributed by atoms with van der Waals surface area (Å²) in [7, 11) is 0. The summed E-state index contributed by atoms with van der Waals surface area (Å²) in [6.07, 6.45) is 0. The lowest BCUT2D eigenvalue weighted by atomic mass is 10.1. The molecule has 0 bridgehead atoms. The van der Waals surface area contributed by atoms with Gasteiger partial charge in [-0.05, 0) is 38.5 Å². The van der Waals surface area contributed by atoms with E-state index in [1.54, 1.807) is 19.1 Å². The Morgan fingerprint density at radius 3 is 2.75 bits per heavy atom. The standard InChI is InChI=1S/C19H25ClN4O4/c1-4-24(11-17(25)22-15-8-13(20)7-6-12(15)3)10-16-14(18(26)28-5-2)9-21-19(27)23-16/h6-8H,4-5,9-11H2,1-3H3,(H,22,25)(H2,21,23,27)/p+1. The second kappa shape index (κ2) is 10.1. The third-order valence-corrected chi connectivity index (χ3v) is 4.62. The maximum Gasteiger partial charge on any atom is 0.337 e. The topological polar surface area (TPSA) is 101 Å². The maximum absolute atomic E-state index is 12.5. The number of anilines is 1. The lowest BCUT2D eigenvalue weighted by Gasteiger charge is -2.24. The number of halogens is 1. The minimum Gasteiger partial charge on any atom is -0.463 e. The number of ether oxygens (including phenoxy) is 1. The Bertz CT molecular complexity index is 794. The zero-order chi connectivity index (χ0) is 20.7. The Balaban J connectivity index is 2.08. The van der Waals surface area contributed by atoms with Crippen LogP contribution in [0.4, 0.5) is 10.5 Å². The summed E-state index contributed by atoms with van der Waals surface area (Å²) in [6.45, 7) is 7.01. The molecule has 28 heavy (non-hydrogen) atoms. The lowest BCUT2D eigenvalue weighted by molar-refractivity contribution is -0.885. The van der Waals surface area contributed by atoms with Crippen molar-refractivity contribution in [3.8, 4) is 0 Å². The van der Waals surface area contributed by atoms with E-state index in [1.807, 2.05) is 19.9 Å². The van der Waals surface area contributed by atoms with Crippen LogP contribution < -0.4 is 20.9 Å². The highest BCUT2D eigenvalue weighted by atomic mass is 35.5. The summed E-state index contributed by atoms with van der Waals surface area (Å²) < 4.78 is 5.06. The first-order chi connectivity index (χ1) is 13.3. The fourth-order valence-corrected chi connectivity index (χ4v) is 2.98. The van der Waals surface area contributed by atoms with Crippen molar-refractivity contribution in [3.63, 3.8) is 0 Å². The molecule has 9 heteroatoms. The van der Waals surface area contributed by atoms with Crippen LogP contribution in [0.25, 0.3) is 0 Å². The largest absolute Gasteiger partial charge is 0.463 e. The molecule has 1 heterocycles. The van der Waals surface area contributed by atoms with Crippen LogP contribution in [0.1, 0.15) is 19.4 Å². The molecule has 0 spiro atoms. The number of amides is 3. The maximum atomic E-state index is 12.5. The highest BCUT2D eigenvalue weighted by molar-refractivity contribution is 6.31. The summed E-state index contributed by atoms with van der Waals surface area (Å²) in [5.41, 5.74) is 2.42. The molecule has 0 radical (unpaired) electrons. The number of nitrogens with one attached hydrogen (secondary N) is 4. The van der Waals surface area contributed by atoms with Crippen LogP contribution in [0.3, 0.4) is 0 Å². The van der Waals surface area contributed by atoms with Gasteiger partial charge in [0.15, 0.2) is 6.54 Å². The average molecular weight is 410 g/mol. The van der Waals surface area contributed by atoms with Gasteiger partial charge < -0.3 is 25.6 Å². The third-order valence-electron chi connectivity index (χ3n) is 4.39. The Morgan fingerprint density at radius 2 is 2.07 bits per heavy atom. The van der Waals surface area contributed by atoms with Gasteiger partial charge >= 0.3 is 12.0 Å². The fourth-order valence-electron chi connectivity index (χ4n) is 2.81. The van der Waals surface area contributed by atoms with Gasteiger partial charge in [-0.3, -0.25) is 4.79 Å². The first-order valence-electron chi connectivity index (χ1n) is 9.17. The predicted octanol–water partition coefficient (Wildman–Crippen LogP) is 0.622. The number of carbonyl (C=O) groups is 3. The van der Waals surface area contributed by atoms with Crippen LogP contribution in [0.2, 0.25) is 5.02 Å². The zero-order valence-corrected chi connectivity index (χ0v) is 17.0. The van der Waals surface area contributed by atoms with Crippen molar-refractivity contribution < 1.29 is 24.0 Å². The molecule has 1 atom stereocenters. The van der Waals surface area contributed by atoms with E-state index in [0.717, 1.165) is 10.5 Å². The number of quaternary nitrogens is 1. The fraction of sp³-hybridized carbons (Fsp3) is 0.421. The Hall–Kier alpha value is -2.58. The second-order valence-corrected chi connectivity index (χ2v) is 6.89. The van der Waals surface area contributed by atoms with E-state index in [9.17, 15) is 14.4 Å². The van der Waals surface area contributed by atoms with Crippen LogP contribution in [0, 0.1) is 6.92 Å². The number of benzene rings is 1. The van der Waals surface area contributed by atoms with E-state index in [4.69, 9.17) is 16.3 Å². The smallest absolute Gasteiger partial charge is 0.337 e. The van der Waals surface area contributed by atoms with Gasteiger partial charge in [0.2, 0.25) is 0 Å². The third kappa shape index (κ3) is 5.97. The van der Waals surface area contributed by atoms with Gasteiger partial charge in [0.1, 0.15) is 6.54 Å². The summed E-state index contributed by atoms with van der Waals surface area (Å²) in [6, 6.07) is 4.93. The van der Waals surface area contributed by atoms with Crippen LogP contribution >= 0.6 is 11.6 Å². The minimum atomic E-state index is -0.473. The molecule has 3 amide bonds. The molecule has 0 fully saturated rings. The summed E-state index contributed by atoms with van der Waals surface area (Å²) >= 11 is 5.99. The van der Waals surface area contributed by atoms with Gasteiger partial charge in [0.05, 0.1) is 31.0 Å². The average Bonchev–Trinajstić information content (AvgIpc) is 2.64. The number of urea groups is 1. The summed E-state index contributed by atoms with van der Waals surface area (Å²) in [5, 5.41) is 8.64. The number of hydrogen-bond acceptors (Lipinski definition) is 4. The molecule has 4 N–H and O–H groups in total. The van der Waals surface area contributed by atoms with E-state index in [0.29, 0.717) is 35.1 Å². The molecule has 1 aromatic carbocycles. The molecule has 1 aliphatic heterocycles. The normalized spacial score (nSPS) is 14.8. The predicted molar refractivity (Wildman–Crippen MR) is 106 cm³/mol. The van der Waals surface area contributed by atoms with Crippen molar-refractivity contribution in [2.45, 2.75) is 20.8 Å². The molecule has 1 aromatic rings. The quantitative estimate of drug-likeness (QED) is 0.473. The molecular formula is C19H26ClN4O4+. The highest BCUT2D eigenvalue weighted by Crippen LogP contribution is 2.19. The molecule has 0 saturated heterocycles. The monoisotopic (exact) mass is 409 g/mol. The number of likely N-dealkylation sites (N-methyl/N-ethyl adjacent to an activating group) is 1. The van der Waals surface area contributed by atoms with Crippen LogP contribution in [0.15, 0.2) is 29.5 Å². The number of aryl methyl sites for hydroxylation is 1. The van der Waals surface area contributed by atoms with Crippen molar-refractivity contribution in [1.29, 1.82) is 0 Å². The number of esters is 1. The molecular weight excluding hydrogens is 384 g/mol. The zero-order valence-electron chi connectivity index (χ0n) is 16.3. The molecule has 2 rings (SSSR count). The number of hydrogen-bond donors (Lipinski definition) is 4. The molecule has 8 nitrogen and oxygen atoms in total. The van der Waals surface area contributed by atoms with E-state index in [-0.39, 0.29) is 31.6 Å². The highest BCUT2D eigenvalue weighted by Gasteiger charge is 2.27. The van der Waals surface area contributed by atoms with E-state index in [1.165, 1.54) is 0 Å². The van der Waals surface area contributed by atoms with Crippen LogP contribution in [-0.2, 0) is 14.3 Å². The van der Waals surface area contributed by atoms with E-state index in [2.05, 4.69) is 16.0 Å². The summed E-state index contributed by atoms with van der Waals surface area (Å²) in [4.78, 5) is 37.2. The minimum absolute atomic E-state index is 0.102. The van der Waals surface area contributed by atoms with Gasteiger partial charge in [-0.25, -0.2) is 9.59 Å². The van der Waals surface area contributed by atoms with Crippen molar-refractivity contribution in [2.75, 3.05) is 38.1 Å². The van der Waals surface area contributed by atoms with Gasteiger partial charge in [-0.15, -0.1) is 0 Å². The Labute approximate surface area is 169 Å². The molecule has 152 valence electrons. The first-order valence-corrected chi connectivity index (χ1v) is 9.55. The van der Waals surface area contributed by atoms with Crippen molar-refractivity contribution in [3.05, 3.63) is 40.1 Å². The Kier molecular flexibility index (Phi) is 7.83. The Morgan fingerprint density at radius 1 is 1.32 bits per heavy atom. The van der Waals surface area contributed by atoms with Crippen LogP contribution in [-0.4, -0.2) is 50.7 Å². The molecule has 1 unspecified atom stereocenters. The molecule has 1 aliphatic rings. The lowest BCUT2D eigenvalue weighted by Crippen LogP contribution is -3.13. The SMILES string of the molecule is CCOC(=O)C1=C(C[NH+](CC)CC(=O)Nc2cc(Cl)ccc2C)NC(=O)NC1. The second-order valence-electron chi connectivity index (χ2n) is 6.45. The van der Waals surface area contributed by atoms with Gasteiger partial charge in [0.25, 0.3) is 5.91 Å². The molecule has 0 saturated carbocycles. The van der Waals surface area contributed by atoms with Crippen molar-refractivity contribution in [2.24, 2.45) is 0 Å². The van der Waals surface area contributed by atoms with Crippen LogP contribution in [0.5, 0.6) is 0 Å². The summed E-state index contributed by atoms with van der Waals surface area (Å²) in [5.74, 6) is -0.653. The van der Waals surface area contributed by atoms with E-state index >= 15 is 0 Å². The van der Waals surface area contributed by atoms with E-state index < -0.39 is 5.97 Å². The van der Waals surface area contributed by atoms with Crippen molar-refractivity contribution in [1.82, 2.24) is 10.6 Å². The molecule has 0 aromatic heterocycles. The number of carbonyl (C=O) groups excluding carboxylic acids is 3. The molecule has 0 aliphatic carbocycles. The van der Waals surface area contributed by atoms with Crippen molar-refractivity contribution >= 4 is 35.2 Å². The first kappa shape index (κ1) is 21.7. The van der Waals surface area contributed by atoms with Gasteiger partial charge in [-0.2, -0.15) is 0 Å². The van der Waals surface area contributed by atoms with Gasteiger partial charge in [-0.1, -0.05) is 17.7 Å². The number of rotatable bonds is 8.